The third-order valence-electron chi connectivity index (χ3n) is 3.64. The highest BCUT2D eigenvalue weighted by Crippen LogP contribution is 2.16. The molecule has 5 nitrogen and oxygen atoms in total. The van der Waals surface area contributed by atoms with E-state index >= 15 is 0 Å². The topological polar surface area (TPSA) is 69.6 Å². The SMILES string of the molecule is CCC(CC)(NC(=O)N(C)Cc1ccc(Cl)cc1)C(=O)O. The second-order valence-corrected chi connectivity index (χ2v) is 5.44. The first-order valence-corrected chi connectivity index (χ1v) is 7.23. The molecule has 0 bridgehead atoms. The Morgan fingerprint density at radius 2 is 1.76 bits per heavy atom. The number of carboxylic acid groups (broad SMARTS) is 1. The number of carboxylic acids is 1. The van der Waals surface area contributed by atoms with Gasteiger partial charge in [-0.05, 0) is 30.5 Å². The molecular weight excluding hydrogens is 292 g/mol. The van der Waals surface area contributed by atoms with E-state index in [1.165, 1.54) is 4.90 Å². The molecule has 0 spiro atoms. The predicted molar refractivity (Wildman–Crippen MR) is 82.4 cm³/mol. The Bertz CT molecular complexity index is 498. The van der Waals surface area contributed by atoms with Gasteiger partial charge in [-0.3, -0.25) is 0 Å². The smallest absolute Gasteiger partial charge is 0.329 e. The van der Waals surface area contributed by atoms with Crippen molar-refractivity contribution in [3.05, 3.63) is 34.9 Å². The summed E-state index contributed by atoms with van der Waals surface area (Å²) in [5, 5.41) is 12.6. The van der Waals surface area contributed by atoms with E-state index in [1.54, 1.807) is 33.0 Å². The maximum Gasteiger partial charge on any atom is 0.329 e. The van der Waals surface area contributed by atoms with Gasteiger partial charge in [0.25, 0.3) is 0 Å². The van der Waals surface area contributed by atoms with Crippen molar-refractivity contribution < 1.29 is 14.7 Å². The fraction of sp³-hybridized carbons (Fsp3) is 0.467. The molecular formula is C15H21ClN2O3. The van der Waals surface area contributed by atoms with Gasteiger partial charge in [0, 0.05) is 18.6 Å². The predicted octanol–water partition coefficient (Wildman–Crippen LogP) is 3.12. The number of urea groups is 1. The van der Waals surface area contributed by atoms with Crippen LogP contribution in [0.1, 0.15) is 32.3 Å². The van der Waals surface area contributed by atoms with Gasteiger partial charge < -0.3 is 15.3 Å². The monoisotopic (exact) mass is 312 g/mol. The molecule has 0 fully saturated rings. The largest absolute Gasteiger partial charge is 0.480 e. The Balaban J connectivity index is 2.73. The van der Waals surface area contributed by atoms with Gasteiger partial charge in [-0.25, -0.2) is 9.59 Å². The summed E-state index contributed by atoms with van der Waals surface area (Å²) in [6.07, 6.45) is 0.665. The number of hydrogen-bond donors (Lipinski definition) is 2. The lowest BCUT2D eigenvalue weighted by Crippen LogP contribution is -2.56. The molecule has 6 heteroatoms. The molecule has 0 unspecified atom stereocenters. The summed E-state index contributed by atoms with van der Waals surface area (Å²) in [4.78, 5) is 25.0. The lowest BCUT2D eigenvalue weighted by atomic mass is 9.93. The molecule has 1 rings (SSSR count). The molecule has 0 saturated heterocycles. The molecule has 2 N–H and O–H groups in total. The number of hydrogen-bond acceptors (Lipinski definition) is 2. The summed E-state index contributed by atoms with van der Waals surface area (Å²) in [7, 11) is 1.63. The van der Waals surface area contributed by atoms with E-state index in [0.29, 0.717) is 24.4 Å². The molecule has 0 aliphatic carbocycles. The van der Waals surface area contributed by atoms with E-state index in [4.69, 9.17) is 11.6 Å². The van der Waals surface area contributed by atoms with E-state index in [2.05, 4.69) is 5.32 Å². The van der Waals surface area contributed by atoms with Crippen LogP contribution < -0.4 is 5.32 Å². The lowest BCUT2D eigenvalue weighted by Gasteiger charge is -2.30. The van der Waals surface area contributed by atoms with Crippen LogP contribution in [0.4, 0.5) is 4.79 Å². The van der Waals surface area contributed by atoms with Gasteiger partial charge in [-0.15, -0.1) is 0 Å². The van der Waals surface area contributed by atoms with Gasteiger partial charge in [-0.1, -0.05) is 37.6 Å². The van der Waals surface area contributed by atoms with E-state index < -0.39 is 17.5 Å². The maximum atomic E-state index is 12.2. The Hall–Kier alpha value is -1.75. The number of aliphatic carboxylic acids is 1. The Morgan fingerprint density at radius 3 is 2.19 bits per heavy atom. The van der Waals surface area contributed by atoms with Gasteiger partial charge >= 0.3 is 12.0 Å². The van der Waals surface area contributed by atoms with Gasteiger partial charge in [0.05, 0.1) is 0 Å². The van der Waals surface area contributed by atoms with Crippen molar-refractivity contribution >= 4 is 23.6 Å². The minimum atomic E-state index is -1.22. The van der Waals surface area contributed by atoms with Crippen LogP contribution in [0.15, 0.2) is 24.3 Å². The number of halogens is 1. The molecule has 0 aliphatic rings. The zero-order valence-corrected chi connectivity index (χ0v) is 13.3. The summed E-state index contributed by atoms with van der Waals surface area (Å²) in [6, 6.07) is 6.76. The second kappa shape index (κ2) is 7.31. The summed E-state index contributed by atoms with van der Waals surface area (Å²) in [6.45, 7) is 3.88. The number of amides is 2. The molecule has 0 radical (unpaired) electrons. The standard InChI is InChI=1S/C15H21ClN2O3/c1-4-15(5-2,13(19)20)17-14(21)18(3)10-11-6-8-12(16)9-7-11/h6-9H,4-5,10H2,1-3H3,(H,17,21)(H,19,20). The fourth-order valence-corrected chi connectivity index (χ4v) is 2.14. The van der Waals surface area contributed by atoms with Crippen LogP contribution in [-0.2, 0) is 11.3 Å². The van der Waals surface area contributed by atoms with Crippen LogP contribution in [0.3, 0.4) is 0 Å². The Kier molecular flexibility index (Phi) is 6.03. The van der Waals surface area contributed by atoms with Crippen molar-refractivity contribution in [2.24, 2.45) is 0 Å². The summed E-state index contributed by atoms with van der Waals surface area (Å²) < 4.78 is 0. The number of benzene rings is 1. The third kappa shape index (κ3) is 4.36. The first-order valence-electron chi connectivity index (χ1n) is 6.85. The fourth-order valence-electron chi connectivity index (χ4n) is 2.02. The first kappa shape index (κ1) is 17.3. The number of carbonyl (C=O) groups is 2. The van der Waals surface area contributed by atoms with Crippen molar-refractivity contribution in [2.75, 3.05) is 7.05 Å². The molecule has 1 aromatic rings. The highest BCUT2D eigenvalue weighted by molar-refractivity contribution is 6.30. The van der Waals surface area contributed by atoms with Crippen molar-refractivity contribution in [1.82, 2.24) is 10.2 Å². The van der Waals surface area contributed by atoms with Crippen LogP contribution in [0, 0.1) is 0 Å². The highest BCUT2D eigenvalue weighted by Gasteiger charge is 2.37. The Morgan fingerprint density at radius 1 is 1.24 bits per heavy atom. The summed E-state index contributed by atoms with van der Waals surface area (Å²) in [5.74, 6) is -1.01. The number of nitrogens with one attached hydrogen (secondary N) is 1. The summed E-state index contributed by atoms with van der Waals surface area (Å²) in [5.41, 5.74) is -0.295. The number of rotatable bonds is 6. The van der Waals surface area contributed by atoms with E-state index in [0.717, 1.165) is 5.56 Å². The first-order chi connectivity index (χ1) is 9.84. The molecule has 116 valence electrons. The van der Waals surface area contributed by atoms with E-state index in [9.17, 15) is 14.7 Å². The average molecular weight is 313 g/mol. The average Bonchev–Trinajstić information content (AvgIpc) is 2.46. The zero-order valence-electron chi connectivity index (χ0n) is 12.5. The van der Waals surface area contributed by atoms with Crippen molar-refractivity contribution in [3.63, 3.8) is 0 Å². The Labute approximate surface area is 129 Å². The molecule has 0 saturated carbocycles. The normalized spacial score (nSPS) is 11.0. The van der Waals surface area contributed by atoms with Crippen molar-refractivity contribution in [2.45, 2.75) is 38.8 Å². The van der Waals surface area contributed by atoms with E-state index in [-0.39, 0.29) is 0 Å². The molecule has 0 heterocycles. The molecule has 0 atom stereocenters. The molecule has 0 aromatic heterocycles. The van der Waals surface area contributed by atoms with Crippen molar-refractivity contribution in [3.8, 4) is 0 Å². The second-order valence-electron chi connectivity index (χ2n) is 5.01. The lowest BCUT2D eigenvalue weighted by molar-refractivity contribution is -0.144. The van der Waals surface area contributed by atoms with Gasteiger partial charge in [-0.2, -0.15) is 0 Å². The van der Waals surface area contributed by atoms with Crippen LogP contribution in [-0.4, -0.2) is 34.6 Å². The van der Waals surface area contributed by atoms with Crippen LogP contribution >= 0.6 is 11.6 Å². The van der Waals surface area contributed by atoms with Crippen molar-refractivity contribution in [1.29, 1.82) is 0 Å². The minimum absolute atomic E-state index is 0.333. The van der Waals surface area contributed by atoms with Crippen LogP contribution in [0.25, 0.3) is 0 Å². The molecule has 21 heavy (non-hydrogen) atoms. The van der Waals surface area contributed by atoms with Crippen LogP contribution in [0.2, 0.25) is 5.02 Å². The van der Waals surface area contributed by atoms with Gasteiger partial charge in [0.1, 0.15) is 5.54 Å². The van der Waals surface area contributed by atoms with Gasteiger partial charge in [0.15, 0.2) is 0 Å². The highest BCUT2D eigenvalue weighted by atomic mass is 35.5. The number of nitrogens with zero attached hydrogens (tertiary/aromatic N) is 1. The maximum absolute atomic E-state index is 12.2. The number of carbonyl (C=O) groups excluding carboxylic acids is 1. The quantitative estimate of drug-likeness (QED) is 0.848. The molecule has 0 aliphatic heterocycles. The summed E-state index contributed by atoms with van der Waals surface area (Å²) >= 11 is 5.81. The molecule has 2 amide bonds. The third-order valence-corrected chi connectivity index (χ3v) is 3.89. The van der Waals surface area contributed by atoms with Gasteiger partial charge in [0.2, 0.25) is 0 Å². The van der Waals surface area contributed by atoms with Crippen LogP contribution in [0.5, 0.6) is 0 Å². The minimum Gasteiger partial charge on any atom is -0.480 e. The molecule has 1 aromatic carbocycles. The van der Waals surface area contributed by atoms with E-state index in [1.807, 2.05) is 12.1 Å². The zero-order chi connectivity index (χ0) is 16.0.